The van der Waals surface area contributed by atoms with Crippen LogP contribution in [0.15, 0.2) is 10.5 Å². The highest BCUT2D eigenvalue weighted by atomic mass is 79.9. The van der Waals surface area contributed by atoms with E-state index in [1.165, 1.54) is 0 Å². The standard InChI is InChI=1S/C10HBrF10/c11-4-7(14)5(12)3(6(13)8(4)15)2(10(19,20)21)1-9(16,17)18/h1H/b2-1+. The van der Waals surface area contributed by atoms with Crippen molar-refractivity contribution in [2.45, 2.75) is 12.4 Å². The topological polar surface area (TPSA) is 0 Å². The molecule has 0 spiro atoms. The van der Waals surface area contributed by atoms with Gasteiger partial charge in [0.05, 0.1) is 15.6 Å². The van der Waals surface area contributed by atoms with Gasteiger partial charge in [-0.3, -0.25) is 0 Å². The van der Waals surface area contributed by atoms with Crippen molar-refractivity contribution >= 4 is 21.5 Å². The molecule has 0 unspecified atom stereocenters. The van der Waals surface area contributed by atoms with Gasteiger partial charge < -0.3 is 0 Å². The molecule has 21 heavy (non-hydrogen) atoms. The van der Waals surface area contributed by atoms with Gasteiger partial charge in [0.25, 0.3) is 0 Å². The van der Waals surface area contributed by atoms with Crippen molar-refractivity contribution in [3.63, 3.8) is 0 Å². The summed E-state index contributed by atoms with van der Waals surface area (Å²) in [6, 6.07) is 0. The van der Waals surface area contributed by atoms with Crippen molar-refractivity contribution in [2.24, 2.45) is 0 Å². The molecule has 1 aromatic carbocycles. The molecule has 118 valence electrons. The molecule has 0 bridgehead atoms. The van der Waals surface area contributed by atoms with Crippen molar-refractivity contribution in [1.82, 2.24) is 0 Å². The number of hydrogen-bond acceptors (Lipinski definition) is 0. The summed E-state index contributed by atoms with van der Waals surface area (Å²) in [5.74, 6) is -9.79. The lowest BCUT2D eigenvalue weighted by Crippen LogP contribution is -2.19. The summed E-state index contributed by atoms with van der Waals surface area (Å²) in [5.41, 5.74) is -5.38. The first-order valence-corrected chi connectivity index (χ1v) is 5.45. The average molecular weight is 391 g/mol. The van der Waals surface area contributed by atoms with Gasteiger partial charge >= 0.3 is 12.4 Å². The summed E-state index contributed by atoms with van der Waals surface area (Å²) >= 11 is 2.02. The molecule has 1 rings (SSSR count). The third kappa shape index (κ3) is 3.69. The smallest absolute Gasteiger partial charge is 0.203 e. The van der Waals surface area contributed by atoms with Crippen LogP contribution in [0.1, 0.15) is 5.56 Å². The van der Waals surface area contributed by atoms with E-state index in [1.807, 2.05) is 15.9 Å². The van der Waals surface area contributed by atoms with Gasteiger partial charge in [0.15, 0.2) is 23.3 Å². The molecule has 0 aromatic heterocycles. The fourth-order valence-corrected chi connectivity index (χ4v) is 1.65. The molecule has 0 aliphatic rings. The highest BCUT2D eigenvalue weighted by molar-refractivity contribution is 9.10. The normalized spacial score (nSPS) is 13.8. The number of benzene rings is 1. The zero-order chi connectivity index (χ0) is 16.7. The van der Waals surface area contributed by atoms with Gasteiger partial charge in [-0.1, -0.05) is 0 Å². The van der Waals surface area contributed by atoms with Gasteiger partial charge in [0.2, 0.25) is 0 Å². The molecule has 1 aromatic rings. The third-order valence-corrected chi connectivity index (χ3v) is 2.79. The molecule has 11 heteroatoms. The molecule has 0 radical (unpaired) electrons. The lowest BCUT2D eigenvalue weighted by Gasteiger charge is -2.16. The van der Waals surface area contributed by atoms with Gasteiger partial charge in [0.1, 0.15) is 0 Å². The van der Waals surface area contributed by atoms with E-state index < -0.39 is 57.3 Å². The van der Waals surface area contributed by atoms with Crippen LogP contribution in [0.25, 0.3) is 5.57 Å². The van der Waals surface area contributed by atoms with Gasteiger partial charge in [-0.15, -0.1) is 0 Å². The van der Waals surface area contributed by atoms with Crippen molar-refractivity contribution in [3.05, 3.63) is 39.4 Å². The highest BCUT2D eigenvalue weighted by Crippen LogP contribution is 2.41. The Morgan fingerprint density at radius 1 is 0.762 bits per heavy atom. The van der Waals surface area contributed by atoms with Crippen LogP contribution in [0.4, 0.5) is 43.9 Å². The Balaban J connectivity index is 3.82. The first kappa shape index (κ1) is 17.8. The summed E-state index contributed by atoms with van der Waals surface area (Å²) in [7, 11) is 0. The van der Waals surface area contributed by atoms with Crippen molar-refractivity contribution in [2.75, 3.05) is 0 Å². The van der Waals surface area contributed by atoms with Crippen LogP contribution < -0.4 is 0 Å². The first-order valence-electron chi connectivity index (χ1n) is 4.66. The maximum absolute atomic E-state index is 13.3. The first-order chi connectivity index (χ1) is 9.27. The molecule has 0 N–H and O–H groups in total. The number of rotatable bonds is 1. The monoisotopic (exact) mass is 390 g/mol. The quantitative estimate of drug-likeness (QED) is 0.336. The Morgan fingerprint density at radius 3 is 1.43 bits per heavy atom. The predicted molar refractivity (Wildman–Crippen MR) is 54.1 cm³/mol. The fraction of sp³-hybridized carbons (Fsp3) is 0.200. The molecule has 0 atom stereocenters. The second kappa shape index (κ2) is 5.50. The van der Waals surface area contributed by atoms with Crippen LogP contribution in [0.5, 0.6) is 0 Å². The van der Waals surface area contributed by atoms with Crippen LogP contribution in [-0.2, 0) is 0 Å². The van der Waals surface area contributed by atoms with Crippen molar-refractivity contribution in [3.8, 4) is 0 Å². The van der Waals surface area contributed by atoms with E-state index in [0.717, 1.165) is 0 Å². The SMILES string of the molecule is Fc1c(F)c(/C(=C\C(F)(F)F)C(F)(F)F)c(F)c(F)c1Br. The van der Waals surface area contributed by atoms with Gasteiger partial charge in [-0.2, -0.15) is 26.3 Å². The maximum atomic E-state index is 13.3. The number of allylic oxidation sites excluding steroid dienone is 2. The number of halogens is 11. The molecule has 0 saturated heterocycles. The minimum Gasteiger partial charge on any atom is -0.203 e. The Labute approximate surface area is 118 Å². The Hall–Kier alpha value is -1.26. The van der Waals surface area contributed by atoms with E-state index >= 15 is 0 Å². The second-order valence-electron chi connectivity index (χ2n) is 3.54. The van der Waals surface area contributed by atoms with Gasteiger partial charge in [-0.05, 0) is 15.9 Å². The van der Waals surface area contributed by atoms with Crippen LogP contribution >= 0.6 is 15.9 Å². The van der Waals surface area contributed by atoms with E-state index in [4.69, 9.17) is 0 Å². The molecular formula is C10HBrF10. The summed E-state index contributed by atoms with van der Waals surface area (Å²) < 4.78 is 125. The van der Waals surface area contributed by atoms with E-state index in [9.17, 15) is 43.9 Å². The number of hydrogen-bond donors (Lipinski definition) is 0. The molecular weight excluding hydrogens is 390 g/mol. The average Bonchev–Trinajstić information content (AvgIpc) is 2.30. The van der Waals surface area contributed by atoms with E-state index in [0.29, 0.717) is 0 Å². The Kier molecular flexibility index (Phi) is 4.66. The highest BCUT2D eigenvalue weighted by Gasteiger charge is 2.43. The third-order valence-electron chi connectivity index (χ3n) is 2.09. The molecule has 0 saturated carbocycles. The fourth-order valence-electron chi connectivity index (χ4n) is 1.30. The summed E-state index contributed by atoms with van der Waals surface area (Å²) in [4.78, 5) is 0. The van der Waals surface area contributed by atoms with E-state index in [1.54, 1.807) is 0 Å². The van der Waals surface area contributed by atoms with Gasteiger partial charge in [0, 0.05) is 6.08 Å². The van der Waals surface area contributed by atoms with Gasteiger partial charge in [-0.25, -0.2) is 17.6 Å². The molecule has 0 amide bonds. The minimum atomic E-state index is -5.90. The largest absolute Gasteiger partial charge is 0.417 e. The predicted octanol–water partition coefficient (Wildman–Crippen LogP) is 5.51. The van der Waals surface area contributed by atoms with Crippen LogP contribution in [0.2, 0.25) is 0 Å². The summed E-state index contributed by atoms with van der Waals surface area (Å²) in [5, 5.41) is 0. The molecule has 0 fully saturated rings. The van der Waals surface area contributed by atoms with Crippen molar-refractivity contribution < 1.29 is 43.9 Å². The lowest BCUT2D eigenvalue weighted by molar-refractivity contribution is -0.0913. The number of alkyl halides is 6. The maximum Gasteiger partial charge on any atom is 0.417 e. The Bertz CT molecular complexity index is 566. The van der Waals surface area contributed by atoms with E-state index in [-0.39, 0.29) is 0 Å². The van der Waals surface area contributed by atoms with Crippen LogP contribution in [0, 0.1) is 23.3 Å². The minimum absolute atomic E-state index is 1.48. The Morgan fingerprint density at radius 2 is 1.14 bits per heavy atom. The summed E-state index contributed by atoms with van der Waals surface area (Å²) in [6.07, 6.45) is -13.0. The lowest BCUT2D eigenvalue weighted by atomic mass is 10.0. The van der Waals surface area contributed by atoms with Crippen LogP contribution in [-0.4, -0.2) is 12.4 Å². The van der Waals surface area contributed by atoms with Crippen LogP contribution in [0.3, 0.4) is 0 Å². The second-order valence-corrected chi connectivity index (χ2v) is 4.34. The molecule has 0 aliphatic heterocycles. The zero-order valence-electron chi connectivity index (χ0n) is 9.23. The van der Waals surface area contributed by atoms with Crippen molar-refractivity contribution in [1.29, 1.82) is 0 Å². The molecule has 0 heterocycles. The summed E-state index contributed by atoms with van der Waals surface area (Å²) in [6.45, 7) is 0. The zero-order valence-corrected chi connectivity index (χ0v) is 10.8. The molecule has 0 aliphatic carbocycles. The molecule has 0 nitrogen and oxygen atoms in total. The van der Waals surface area contributed by atoms with E-state index in [2.05, 4.69) is 0 Å².